The van der Waals surface area contributed by atoms with Crippen LogP contribution in [0.2, 0.25) is 0 Å². The number of carbonyl (C=O) groups is 1. The van der Waals surface area contributed by atoms with Crippen molar-refractivity contribution in [3.05, 3.63) is 0 Å². The van der Waals surface area contributed by atoms with Crippen LogP contribution < -0.4 is 0 Å². The summed E-state index contributed by atoms with van der Waals surface area (Å²) in [4.78, 5) is 10.5. The fourth-order valence-corrected chi connectivity index (χ4v) is 1.00. The minimum atomic E-state index is -0.250. The van der Waals surface area contributed by atoms with Crippen molar-refractivity contribution in [3.8, 4) is 6.07 Å². The first-order valence-corrected chi connectivity index (χ1v) is 3.26. The Morgan fingerprint density at radius 1 is 1.67 bits per heavy atom. The van der Waals surface area contributed by atoms with Crippen LogP contribution in [0.5, 0.6) is 0 Å². The number of carbonyl (C=O) groups excluding carboxylic acids is 1. The van der Waals surface area contributed by atoms with Gasteiger partial charge in [0.05, 0.1) is 0 Å². The first-order chi connectivity index (χ1) is 4.33. The Labute approximate surface area is 54.5 Å². The van der Waals surface area contributed by atoms with Gasteiger partial charge in [0.1, 0.15) is 6.07 Å². The molecule has 0 radical (unpaired) electrons. The maximum Gasteiger partial charge on any atom is 0.232 e. The summed E-state index contributed by atoms with van der Waals surface area (Å²) < 4.78 is 0. The van der Waals surface area contributed by atoms with Crippen molar-refractivity contribution >= 4 is 5.78 Å². The second-order valence-electron chi connectivity index (χ2n) is 2.54. The number of ketones is 1. The van der Waals surface area contributed by atoms with E-state index in [9.17, 15) is 4.79 Å². The van der Waals surface area contributed by atoms with Gasteiger partial charge in [-0.15, -0.1) is 0 Å². The van der Waals surface area contributed by atoms with E-state index in [0.29, 0.717) is 12.3 Å². The summed E-state index contributed by atoms with van der Waals surface area (Å²) in [5.74, 6) is 0.289. The third-order valence-electron chi connectivity index (χ3n) is 1.82. The van der Waals surface area contributed by atoms with E-state index >= 15 is 0 Å². The molecule has 0 N–H and O–H groups in total. The average Bonchev–Trinajstić information content (AvgIpc) is 1.78. The number of Topliss-reactive ketones (excluding diaryl/α,β-unsaturated/α-hetero) is 1. The predicted molar refractivity (Wildman–Crippen MR) is 32.6 cm³/mol. The van der Waals surface area contributed by atoms with E-state index in [2.05, 4.69) is 0 Å². The van der Waals surface area contributed by atoms with Crippen LogP contribution in [-0.4, -0.2) is 5.78 Å². The first kappa shape index (κ1) is 6.28. The van der Waals surface area contributed by atoms with Gasteiger partial charge in [-0.25, -0.2) is 0 Å². The van der Waals surface area contributed by atoms with Gasteiger partial charge in [-0.05, 0) is 18.8 Å². The molecule has 0 aliphatic heterocycles. The molecule has 9 heavy (non-hydrogen) atoms. The largest absolute Gasteiger partial charge is 0.283 e. The van der Waals surface area contributed by atoms with Gasteiger partial charge in [0, 0.05) is 6.42 Å². The van der Waals surface area contributed by atoms with Crippen molar-refractivity contribution in [2.45, 2.75) is 25.7 Å². The monoisotopic (exact) mass is 123 g/mol. The molecule has 1 fully saturated rings. The lowest BCUT2D eigenvalue weighted by Crippen LogP contribution is -2.14. The van der Waals surface area contributed by atoms with Crippen molar-refractivity contribution in [1.29, 1.82) is 5.26 Å². The van der Waals surface area contributed by atoms with Gasteiger partial charge in [0.2, 0.25) is 5.78 Å². The summed E-state index contributed by atoms with van der Waals surface area (Å²) in [5, 5.41) is 8.10. The summed E-state index contributed by atoms with van der Waals surface area (Å²) in [5.41, 5.74) is 0. The van der Waals surface area contributed by atoms with Gasteiger partial charge in [-0.2, -0.15) is 5.26 Å². The minimum Gasteiger partial charge on any atom is -0.283 e. The van der Waals surface area contributed by atoms with Gasteiger partial charge in [-0.1, -0.05) is 6.42 Å². The molecule has 1 saturated carbocycles. The van der Waals surface area contributed by atoms with E-state index in [4.69, 9.17) is 5.26 Å². The van der Waals surface area contributed by atoms with E-state index in [-0.39, 0.29) is 5.78 Å². The van der Waals surface area contributed by atoms with Crippen molar-refractivity contribution < 1.29 is 4.79 Å². The normalized spacial score (nSPS) is 18.1. The fraction of sp³-hybridized carbons (Fsp3) is 0.714. The van der Waals surface area contributed by atoms with E-state index in [1.54, 1.807) is 6.07 Å². The SMILES string of the molecule is N#CC(=O)CC1CCC1. The number of hydrogen-bond donors (Lipinski definition) is 0. The van der Waals surface area contributed by atoms with Crippen LogP contribution in [0, 0.1) is 17.2 Å². The third-order valence-corrected chi connectivity index (χ3v) is 1.82. The Hall–Kier alpha value is -0.840. The summed E-state index contributed by atoms with van der Waals surface area (Å²) in [6, 6.07) is 1.63. The van der Waals surface area contributed by atoms with E-state index in [1.165, 1.54) is 6.42 Å². The highest BCUT2D eigenvalue weighted by Crippen LogP contribution is 2.29. The summed E-state index contributed by atoms with van der Waals surface area (Å²) in [6.07, 6.45) is 4.03. The Bertz CT molecular complexity index is 153. The molecule has 0 spiro atoms. The molecule has 48 valence electrons. The summed E-state index contributed by atoms with van der Waals surface area (Å²) >= 11 is 0. The molecule has 0 heterocycles. The quantitative estimate of drug-likeness (QED) is 0.519. The number of nitrogens with zero attached hydrogens (tertiary/aromatic N) is 1. The zero-order chi connectivity index (χ0) is 6.69. The van der Waals surface area contributed by atoms with Gasteiger partial charge >= 0.3 is 0 Å². The van der Waals surface area contributed by atoms with E-state index in [1.807, 2.05) is 0 Å². The minimum absolute atomic E-state index is 0.250. The molecule has 1 aliphatic carbocycles. The highest BCUT2D eigenvalue weighted by molar-refractivity contribution is 5.93. The smallest absolute Gasteiger partial charge is 0.232 e. The standard InChI is InChI=1S/C7H9NO/c8-5-7(9)4-6-2-1-3-6/h6H,1-4H2. The number of hydrogen-bond acceptors (Lipinski definition) is 2. The lowest BCUT2D eigenvalue weighted by Gasteiger charge is -2.22. The van der Waals surface area contributed by atoms with Crippen LogP contribution in [0.3, 0.4) is 0 Å². The molecule has 0 unspecified atom stereocenters. The molecular formula is C7H9NO. The van der Waals surface area contributed by atoms with Crippen LogP contribution in [0.4, 0.5) is 0 Å². The molecule has 0 atom stereocenters. The summed E-state index contributed by atoms with van der Waals surface area (Å²) in [6.45, 7) is 0. The van der Waals surface area contributed by atoms with E-state index < -0.39 is 0 Å². The zero-order valence-electron chi connectivity index (χ0n) is 5.26. The van der Waals surface area contributed by atoms with Crippen LogP contribution in [0.25, 0.3) is 0 Å². The molecule has 2 nitrogen and oxygen atoms in total. The van der Waals surface area contributed by atoms with Gasteiger partial charge in [-0.3, -0.25) is 4.79 Å². The molecule has 2 heteroatoms. The Morgan fingerprint density at radius 3 is 2.67 bits per heavy atom. The highest BCUT2D eigenvalue weighted by Gasteiger charge is 2.19. The number of rotatable bonds is 2. The summed E-state index contributed by atoms with van der Waals surface area (Å²) in [7, 11) is 0. The van der Waals surface area contributed by atoms with Crippen molar-refractivity contribution in [1.82, 2.24) is 0 Å². The van der Waals surface area contributed by atoms with Crippen LogP contribution >= 0.6 is 0 Å². The average molecular weight is 123 g/mol. The van der Waals surface area contributed by atoms with Crippen molar-refractivity contribution in [2.75, 3.05) is 0 Å². The van der Waals surface area contributed by atoms with Crippen LogP contribution in [0.1, 0.15) is 25.7 Å². The maximum absolute atomic E-state index is 10.5. The molecule has 0 amide bonds. The Balaban J connectivity index is 2.18. The molecule has 0 aromatic heterocycles. The van der Waals surface area contributed by atoms with Crippen LogP contribution in [0.15, 0.2) is 0 Å². The second kappa shape index (κ2) is 2.63. The Kier molecular flexibility index (Phi) is 1.84. The molecule has 0 bridgehead atoms. The van der Waals surface area contributed by atoms with E-state index in [0.717, 1.165) is 12.8 Å². The molecule has 1 rings (SSSR count). The zero-order valence-corrected chi connectivity index (χ0v) is 5.26. The molecule has 0 aromatic carbocycles. The molecule has 0 aromatic rings. The lowest BCUT2D eigenvalue weighted by molar-refractivity contribution is -0.115. The second-order valence-corrected chi connectivity index (χ2v) is 2.54. The highest BCUT2D eigenvalue weighted by atomic mass is 16.1. The first-order valence-electron chi connectivity index (χ1n) is 3.26. The third kappa shape index (κ3) is 1.53. The maximum atomic E-state index is 10.5. The predicted octanol–water partition coefficient (Wildman–Crippen LogP) is 1.27. The number of nitriles is 1. The molecular weight excluding hydrogens is 114 g/mol. The fourth-order valence-electron chi connectivity index (χ4n) is 1.00. The van der Waals surface area contributed by atoms with Gasteiger partial charge in [0.25, 0.3) is 0 Å². The lowest BCUT2D eigenvalue weighted by atomic mass is 9.82. The topological polar surface area (TPSA) is 40.9 Å². The Morgan fingerprint density at radius 2 is 2.33 bits per heavy atom. The molecule has 1 aliphatic rings. The van der Waals surface area contributed by atoms with Crippen molar-refractivity contribution in [2.24, 2.45) is 5.92 Å². The van der Waals surface area contributed by atoms with Gasteiger partial charge < -0.3 is 0 Å². The van der Waals surface area contributed by atoms with Gasteiger partial charge in [0.15, 0.2) is 0 Å². The molecule has 0 saturated heterocycles. The van der Waals surface area contributed by atoms with Crippen molar-refractivity contribution in [3.63, 3.8) is 0 Å². The van der Waals surface area contributed by atoms with Crippen LogP contribution in [-0.2, 0) is 4.79 Å².